The Morgan fingerprint density at radius 2 is 1.92 bits per heavy atom. The molecular weight excluding hydrogens is 355 g/mol. The highest BCUT2D eigenvalue weighted by molar-refractivity contribution is 7.99. The van der Waals surface area contributed by atoms with Gasteiger partial charge in [0.2, 0.25) is 0 Å². The van der Waals surface area contributed by atoms with Crippen molar-refractivity contribution in [3.8, 4) is 11.4 Å². The van der Waals surface area contributed by atoms with Crippen LogP contribution in [0.1, 0.15) is 0 Å². The molecule has 0 aliphatic heterocycles. The Kier molecular flexibility index (Phi) is 4.29. The largest absolute Gasteiger partial charge is 0.350 e. The predicted molar refractivity (Wildman–Crippen MR) is 96.6 cm³/mol. The van der Waals surface area contributed by atoms with Crippen LogP contribution in [0.4, 0.5) is 4.39 Å². The first-order chi connectivity index (χ1) is 12.6. The average Bonchev–Trinajstić information content (AvgIpc) is 3.17. The second-order valence-electron chi connectivity index (χ2n) is 5.63. The van der Waals surface area contributed by atoms with Crippen molar-refractivity contribution in [2.75, 3.05) is 5.75 Å². The zero-order valence-electron chi connectivity index (χ0n) is 13.9. The lowest BCUT2D eigenvalue weighted by Crippen LogP contribution is -2.22. The molecule has 0 aliphatic carbocycles. The van der Waals surface area contributed by atoms with Gasteiger partial charge in [0, 0.05) is 19.0 Å². The second-order valence-corrected chi connectivity index (χ2v) is 6.69. The molecule has 0 spiro atoms. The van der Waals surface area contributed by atoms with Crippen LogP contribution in [0.3, 0.4) is 0 Å². The van der Waals surface area contributed by atoms with E-state index in [4.69, 9.17) is 0 Å². The zero-order chi connectivity index (χ0) is 18.1. The molecule has 3 heterocycles. The molecule has 0 amide bonds. The molecule has 0 aliphatic rings. The van der Waals surface area contributed by atoms with E-state index in [0.717, 1.165) is 0 Å². The van der Waals surface area contributed by atoms with Gasteiger partial charge in [-0.25, -0.2) is 13.9 Å². The Morgan fingerprint density at radius 1 is 1.12 bits per heavy atom. The maximum atomic E-state index is 13.9. The molecule has 4 aromatic rings. The van der Waals surface area contributed by atoms with E-state index < -0.39 is 0 Å². The van der Waals surface area contributed by atoms with E-state index in [2.05, 4.69) is 15.3 Å². The molecule has 0 fully saturated rings. The lowest BCUT2D eigenvalue weighted by Gasteiger charge is -2.04. The first kappa shape index (κ1) is 16.5. The highest BCUT2D eigenvalue weighted by atomic mass is 32.2. The summed E-state index contributed by atoms with van der Waals surface area (Å²) in [5.74, 6) is 0.721. The van der Waals surface area contributed by atoms with Crippen molar-refractivity contribution in [3.63, 3.8) is 0 Å². The third kappa shape index (κ3) is 2.90. The Morgan fingerprint density at radius 3 is 2.73 bits per heavy atom. The number of thioether (sulfide) groups is 1. The summed E-state index contributed by atoms with van der Waals surface area (Å²) in [5, 5.41) is 13.2. The lowest BCUT2D eigenvalue weighted by molar-refractivity contribution is 0.628. The molecule has 0 N–H and O–H groups in total. The minimum absolute atomic E-state index is 0.175. The van der Waals surface area contributed by atoms with Gasteiger partial charge < -0.3 is 4.57 Å². The Hall–Kier alpha value is -2.94. The molecule has 0 saturated heterocycles. The number of rotatable bonds is 5. The van der Waals surface area contributed by atoms with Gasteiger partial charge in [0.1, 0.15) is 5.82 Å². The minimum Gasteiger partial charge on any atom is -0.305 e. The number of nitrogens with zero attached hydrogens (tertiary/aromatic N) is 6. The van der Waals surface area contributed by atoms with E-state index >= 15 is 0 Å². The zero-order valence-corrected chi connectivity index (χ0v) is 14.7. The fraction of sp³-hybridized carbons (Fsp3) is 0.176. The number of hydrogen-bond acceptors (Lipinski definition) is 5. The molecule has 7 nitrogen and oxygen atoms in total. The standard InChI is InChI=1S/C17H15FN6OS/c1-22-15(12-6-2-3-7-13(12)18)19-20-16(22)26-11-10-24-17(25)23-9-5-4-8-14(23)21-24/h2-9H,10-11H2,1H3. The van der Waals surface area contributed by atoms with E-state index in [9.17, 15) is 9.18 Å². The van der Waals surface area contributed by atoms with Gasteiger partial charge >= 0.3 is 5.69 Å². The van der Waals surface area contributed by atoms with Crippen LogP contribution in [0.25, 0.3) is 17.0 Å². The molecule has 4 rings (SSSR count). The number of aromatic nitrogens is 6. The molecule has 0 radical (unpaired) electrons. The van der Waals surface area contributed by atoms with Crippen molar-refractivity contribution in [1.82, 2.24) is 28.9 Å². The van der Waals surface area contributed by atoms with E-state index in [1.807, 2.05) is 6.07 Å². The maximum Gasteiger partial charge on any atom is 0.350 e. The van der Waals surface area contributed by atoms with E-state index in [0.29, 0.717) is 34.5 Å². The van der Waals surface area contributed by atoms with Crippen LogP contribution in [0, 0.1) is 5.82 Å². The van der Waals surface area contributed by atoms with Crippen molar-refractivity contribution in [1.29, 1.82) is 0 Å². The smallest absolute Gasteiger partial charge is 0.305 e. The summed E-state index contributed by atoms with van der Waals surface area (Å²) in [6.45, 7) is 0.438. The number of hydrogen-bond donors (Lipinski definition) is 0. The third-order valence-electron chi connectivity index (χ3n) is 3.97. The van der Waals surface area contributed by atoms with E-state index in [1.165, 1.54) is 26.9 Å². The SMILES string of the molecule is Cn1c(SCCn2nc3ccccn3c2=O)nnc1-c1ccccc1F. The summed E-state index contributed by atoms with van der Waals surface area (Å²) in [6.07, 6.45) is 1.69. The van der Waals surface area contributed by atoms with Crippen molar-refractivity contribution < 1.29 is 4.39 Å². The number of aryl methyl sites for hydroxylation is 1. The summed E-state index contributed by atoms with van der Waals surface area (Å²) < 4.78 is 18.6. The molecule has 0 bridgehead atoms. The number of pyridine rings is 1. The van der Waals surface area contributed by atoms with Crippen LogP contribution in [0.5, 0.6) is 0 Å². The predicted octanol–water partition coefficient (Wildman–Crippen LogP) is 2.22. The first-order valence-corrected chi connectivity index (χ1v) is 8.95. The van der Waals surface area contributed by atoms with Gasteiger partial charge in [-0.2, -0.15) is 0 Å². The molecular formula is C17H15FN6OS. The van der Waals surface area contributed by atoms with Crippen molar-refractivity contribution in [2.45, 2.75) is 11.7 Å². The number of halogens is 1. The maximum absolute atomic E-state index is 13.9. The highest BCUT2D eigenvalue weighted by Crippen LogP contribution is 2.24. The van der Waals surface area contributed by atoms with Crippen LogP contribution in [-0.2, 0) is 13.6 Å². The van der Waals surface area contributed by atoms with Gasteiger partial charge in [-0.3, -0.25) is 4.40 Å². The van der Waals surface area contributed by atoms with Crippen LogP contribution in [-0.4, -0.2) is 34.7 Å². The van der Waals surface area contributed by atoms with Gasteiger partial charge in [-0.1, -0.05) is 30.0 Å². The summed E-state index contributed by atoms with van der Waals surface area (Å²) in [6, 6.07) is 11.9. The quantitative estimate of drug-likeness (QED) is 0.504. The summed E-state index contributed by atoms with van der Waals surface area (Å²) in [7, 11) is 1.79. The molecule has 3 aromatic heterocycles. The van der Waals surface area contributed by atoms with Gasteiger partial charge in [0.25, 0.3) is 0 Å². The minimum atomic E-state index is -0.337. The number of fused-ring (bicyclic) bond motifs is 1. The molecule has 26 heavy (non-hydrogen) atoms. The van der Waals surface area contributed by atoms with Crippen molar-refractivity contribution in [3.05, 3.63) is 65.0 Å². The Balaban J connectivity index is 1.49. The van der Waals surface area contributed by atoms with Gasteiger partial charge in [-0.15, -0.1) is 15.3 Å². The summed E-state index contributed by atoms with van der Waals surface area (Å²) in [4.78, 5) is 12.2. The second kappa shape index (κ2) is 6.75. The van der Waals surface area contributed by atoms with Crippen LogP contribution in [0.15, 0.2) is 58.6 Å². The van der Waals surface area contributed by atoms with Crippen molar-refractivity contribution in [2.24, 2.45) is 7.05 Å². The summed E-state index contributed by atoms with van der Waals surface area (Å²) >= 11 is 1.44. The molecule has 9 heteroatoms. The Labute approximate surface area is 152 Å². The van der Waals surface area contributed by atoms with Gasteiger partial charge in [0.05, 0.1) is 12.1 Å². The van der Waals surface area contributed by atoms with Crippen LogP contribution in [0.2, 0.25) is 0 Å². The fourth-order valence-electron chi connectivity index (χ4n) is 2.65. The lowest BCUT2D eigenvalue weighted by atomic mass is 10.2. The van der Waals surface area contributed by atoms with E-state index in [1.54, 1.807) is 48.1 Å². The average molecular weight is 370 g/mol. The van der Waals surface area contributed by atoms with Crippen LogP contribution < -0.4 is 5.69 Å². The molecule has 132 valence electrons. The third-order valence-corrected chi connectivity index (χ3v) is 4.97. The first-order valence-electron chi connectivity index (χ1n) is 7.96. The molecule has 0 atom stereocenters. The van der Waals surface area contributed by atoms with Gasteiger partial charge in [-0.05, 0) is 24.3 Å². The molecule has 0 saturated carbocycles. The van der Waals surface area contributed by atoms with Gasteiger partial charge in [0.15, 0.2) is 16.6 Å². The highest BCUT2D eigenvalue weighted by Gasteiger charge is 2.14. The molecule has 1 aromatic carbocycles. The fourth-order valence-corrected chi connectivity index (χ4v) is 3.48. The normalized spacial score (nSPS) is 11.3. The van der Waals surface area contributed by atoms with Crippen molar-refractivity contribution >= 4 is 17.4 Å². The monoisotopic (exact) mass is 370 g/mol. The summed E-state index contributed by atoms with van der Waals surface area (Å²) in [5.41, 5.74) is 0.847. The Bertz CT molecular complexity index is 1130. The molecule has 0 unspecified atom stereocenters. The topological polar surface area (TPSA) is 70.0 Å². The van der Waals surface area contributed by atoms with Crippen LogP contribution >= 0.6 is 11.8 Å². The van der Waals surface area contributed by atoms with E-state index in [-0.39, 0.29) is 11.5 Å². The number of benzene rings is 1.